The van der Waals surface area contributed by atoms with Gasteiger partial charge in [-0.15, -0.1) is 0 Å². The number of carbonyl (C=O) groups excluding carboxylic acids is 1. The van der Waals surface area contributed by atoms with Crippen molar-refractivity contribution in [3.8, 4) is 0 Å². The van der Waals surface area contributed by atoms with Gasteiger partial charge in [0.1, 0.15) is 0 Å². The largest absolute Gasteiger partial charge is 0.349 e. The van der Waals surface area contributed by atoms with Crippen molar-refractivity contribution in [3.63, 3.8) is 0 Å². The Morgan fingerprint density at radius 2 is 1.90 bits per heavy atom. The van der Waals surface area contributed by atoms with E-state index in [0.29, 0.717) is 23.0 Å². The number of hydrogen-bond donors (Lipinski definition) is 0. The second-order valence-electron chi connectivity index (χ2n) is 5.21. The van der Waals surface area contributed by atoms with E-state index in [9.17, 15) is 4.79 Å². The Bertz CT molecular complexity index is 660. The van der Waals surface area contributed by atoms with Crippen LogP contribution in [-0.4, -0.2) is 10.4 Å². The molecule has 0 spiro atoms. The molecule has 1 aromatic carbocycles. The van der Waals surface area contributed by atoms with Crippen LogP contribution in [0.3, 0.4) is 0 Å². The maximum absolute atomic E-state index is 12.0. The molecule has 3 rings (SSSR count). The monoisotopic (exact) mass is 307 g/mol. The van der Waals surface area contributed by atoms with Crippen LogP contribution in [0.2, 0.25) is 10.0 Å². The first-order valence-corrected chi connectivity index (χ1v) is 7.55. The number of nitrogens with zero attached hydrogens (tertiary/aromatic N) is 1. The van der Waals surface area contributed by atoms with Gasteiger partial charge in [-0.25, -0.2) is 0 Å². The van der Waals surface area contributed by atoms with Crippen LogP contribution in [0.5, 0.6) is 0 Å². The summed E-state index contributed by atoms with van der Waals surface area (Å²) in [4.78, 5) is 12.0. The molecule has 1 aliphatic rings. The summed E-state index contributed by atoms with van der Waals surface area (Å²) >= 11 is 12.2. The molecule has 104 valence electrons. The molecule has 0 atom stereocenters. The highest BCUT2D eigenvalue weighted by molar-refractivity contribution is 6.42. The first-order valence-electron chi connectivity index (χ1n) is 6.80. The summed E-state index contributed by atoms with van der Waals surface area (Å²) in [6, 6.07) is 5.63. The highest BCUT2D eigenvalue weighted by Crippen LogP contribution is 2.27. The fourth-order valence-corrected chi connectivity index (χ4v) is 3.08. The molecule has 0 saturated carbocycles. The van der Waals surface area contributed by atoms with Crippen molar-refractivity contribution < 1.29 is 4.79 Å². The summed E-state index contributed by atoms with van der Waals surface area (Å²) in [7, 11) is 0. The van der Waals surface area contributed by atoms with E-state index in [2.05, 4.69) is 6.20 Å². The third-order valence-corrected chi connectivity index (χ3v) is 4.61. The van der Waals surface area contributed by atoms with E-state index in [1.54, 1.807) is 6.07 Å². The minimum absolute atomic E-state index is 0.258. The molecule has 1 aliphatic carbocycles. The van der Waals surface area contributed by atoms with Crippen LogP contribution < -0.4 is 0 Å². The molecule has 4 heteroatoms. The zero-order chi connectivity index (χ0) is 14.1. The lowest BCUT2D eigenvalue weighted by Crippen LogP contribution is -1.99. The van der Waals surface area contributed by atoms with Gasteiger partial charge in [0.15, 0.2) is 5.78 Å². The van der Waals surface area contributed by atoms with Crippen LogP contribution in [0.25, 0.3) is 0 Å². The molecule has 0 amide bonds. The Hall–Kier alpha value is -1.25. The van der Waals surface area contributed by atoms with Crippen LogP contribution in [0.15, 0.2) is 30.6 Å². The molecule has 0 aliphatic heterocycles. The number of rotatable bonds is 2. The van der Waals surface area contributed by atoms with E-state index < -0.39 is 0 Å². The third kappa shape index (κ3) is 2.63. The van der Waals surface area contributed by atoms with Crippen molar-refractivity contribution in [1.29, 1.82) is 0 Å². The van der Waals surface area contributed by atoms with Crippen LogP contribution in [0.4, 0.5) is 0 Å². The molecular weight excluding hydrogens is 293 g/mol. The molecule has 20 heavy (non-hydrogen) atoms. The first-order chi connectivity index (χ1) is 9.65. The molecule has 0 radical (unpaired) electrons. The molecule has 0 bridgehead atoms. The van der Waals surface area contributed by atoms with Crippen molar-refractivity contribution in [2.45, 2.75) is 32.2 Å². The van der Waals surface area contributed by atoms with E-state index in [1.807, 2.05) is 22.9 Å². The molecule has 0 saturated heterocycles. The fourth-order valence-electron chi connectivity index (χ4n) is 2.70. The van der Waals surface area contributed by atoms with Gasteiger partial charge in [0.05, 0.1) is 10.0 Å². The molecular formula is C16H15Cl2NO. The van der Waals surface area contributed by atoms with E-state index in [-0.39, 0.29) is 5.78 Å². The lowest BCUT2D eigenvalue weighted by Gasteiger charge is -2.07. The zero-order valence-corrected chi connectivity index (χ0v) is 12.5. The average Bonchev–Trinajstić information content (AvgIpc) is 2.75. The summed E-state index contributed by atoms with van der Waals surface area (Å²) in [6.07, 6.45) is 7.73. The summed E-state index contributed by atoms with van der Waals surface area (Å²) in [5.74, 6) is 0.258. The van der Waals surface area contributed by atoms with Crippen molar-refractivity contribution in [2.75, 3.05) is 0 Å². The van der Waals surface area contributed by atoms with Crippen LogP contribution in [0.1, 0.15) is 40.7 Å². The van der Waals surface area contributed by atoms with Gasteiger partial charge in [-0.3, -0.25) is 4.79 Å². The number of hydrogen-bond acceptors (Lipinski definition) is 1. The van der Waals surface area contributed by atoms with E-state index in [4.69, 9.17) is 23.2 Å². The lowest BCUT2D eigenvalue weighted by molar-refractivity contribution is 0.0982. The number of fused-ring (bicyclic) bond motifs is 1. The SMILES string of the molecule is O=C1CCCCc2cn(Cc3cccc(Cl)c3Cl)cc21. The summed E-state index contributed by atoms with van der Waals surface area (Å²) < 4.78 is 2.03. The van der Waals surface area contributed by atoms with Gasteiger partial charge in [-0.1, -0.05) is 35.3 Å². The highest BCUT2D eigenvalue weighted by Gasteiger charge is 2.18. The molecule has 0 N–H and O–H groups in total. The second-order valence-corrected chi connectivity index (χ2v) is 6.00. The van der Waals surface area contributed by atoms with Crippen LogP contribution in [-0.2, 0) is 13.0 Å². The van der Waals surface area contributed by atoms with Crippen molar-refractivity contribution in [1.82, 2.24) is 4.57 Å². The fraction of sp³-hybridized carbons (Fsp3) is 0.312. The van der Waals surface area contributed by atoms with Crippen molar-refractivity contribution in [2.24, 2.45) is 0 Å². The van der Waals surface area contributed by atoms with Gasteiger partial charge in [0.25, 0.3) is 0 Å². The Morgan fingerprint density at radius 3 is 2.75 bits per heavy atom. The number of ketones is 1. The Morgan fingerprint density at radius 1 is 1.10 bits per heavy atom. The number of aromatic nitrogens is 1. The van der Waals surface area contributed by atoms with Gasteiger partial charge >= 0.3 is 0 Å². The number of aryl methyl sites for hydroxylation is 1. The van der Waals surface area contributed by atoms with Gasteiger partial charge in [0, 0.05) is 30.9 Å². The van der Waals surface area contributed by atoms with Crippen molar-refractivity contribution in [3.05, 3.63) is 57.3 Å². The maximum atomic E-state index is 12.0. The average molecular weight is 308 g/mol. The normalized spacial score (nSPS) is 15.0. The highest BCUT2D eigenvalue weighted by atomic mass is 35.5. The van der Waals surface area contributed by atoms with E-state index in [0.717, 1.165) is 36.0 Å². The Labute approximate surface area is 128 Å². The first kappa shape index (κ1) is 13.7. The summed E-state index contributed by atoms with van der Waals surface area (Å²) in [6.45, 7) is 0.639. The Balaban J connectivity index is 1.91. The van der Waals surface area contributed by atoms with Crippen molar-refractivity contribution >= 4 is 29.0 Å². The van der Waals surface area contributed by atoms with E-state index in [1.165, 1.54) is 0 Å². The minimum atomic E-state index is 0.258. The topological polar surface area (TPSA) is 22.0 Å². The summed E-state index contributed by atoms with van der Waals surface area (Å²) in [5.41, 5.74) is 3.00. The van der Waals surface area contributed by atoms with Gasteiger partial charge in [-0.2, -0.15) is 0 Å². The predicted octanol–water partition coefficient (Wildman–Crippen LogP) is 4.75. The quantitative estimate of drug-likeness (QED) is 0.734. The zero-order valence-electron chi connectivity index (χ0n) is 11.0. The van der Waals surface area contributed by atoms with Gasteiger partial charge in [-0.05, 0) is 36.5 Å². The molecule has 0 fully saturated rings. The minimum Gasteiger partial charge on any atom is -0.349 e. The molecule has 0 unspecified atom stereocenters. The number of carbonyl (C=O) groups is 1. The molecule has 1 heterocycles. The second kappa shape index (κ2) is 5.63. The smallest absolute Gasteiger partial charge is 0.164 e. The number of benzene rings is 1. The Kier molecular flexibility index (Phi) is 3.86. The number of halogens is 2. The summed E-state index contributed by atoms with van der Waals surface area (Å²) in [5, 5.41) is 1.15. The predicted molar refractivity (Wildman–Crippen MR) is 81.9 cm³/mol. The lowest BCUT2D eigenvalue weighted by atomic mass is 10.1. The molecule has 1 aromatic heterocycles. The van der Waals surface area contributed by atoms with Crippen LogP contribution >= 0.6 is 23.2 Å². The third-order valence-electron chi connectivity index (χ3n) is 3.75. The van der Waals surface area contributed by atoms with Gasteiger partial charge < -0.3 is 4.57 Å². The van der Waals surface area contributed by atoms with E-state index >= 15 is 0 Å². The molecule has 2 aromatic rings. The molecule has 2 nitrogen and oxygen atoms in total. The number of Topliss-reactive ketones (excluding diaryl/α,β-unsaturated/α-hetero) is 1. The van der Waals surface area contributed by atoms with Crippen LogP contribution in [0, 0.1) is 0 Å². The van der Waals surface area contributed by atoms with Gasteiger partial charge in [0.2, 0.25) is 0 Å². The maximum Gasteiger partial charge on any atom is 0.164 e. The standard InChI is InChI=1S/C16H15Cl2NO/c17-14-6-3-5-12(16(14)18)9-19-8-11-4-1-2-7-15(20)13(11)10-19/h3,5-6,8,10H,1-2,4,7,9H2.